The molecule has 0 aliphatic heterocycles. The molecule has 1 aromatic heterocycles. The molecule has 0 spiro atoms. The van der Waals surface area contributed by atoms with Crippen LogP contribution in [-0.2, 0) is 6.54 Å². The molecular formula is C19H27N3O2S. The number of furan rings is 1. The Morgan fingerprint density at radius 3 is 2.80 bits per heavy atom. The first-order valence-electron chi connectivity index (χ1n) is 8.53. The fraction of sp³-hybridized carbons (Fsp3) is 0.421. The van der Waals surface area contributed by atoms with E-state index < -0.39 is 0 Å². The molecule has 0 fully saturated rings. The van der Waals surface area contributed by atoms with Crippen molar-refractivity contribution in [3.63, 3.8) is 0 Å². The number of para-hydroxylation sites is 1. The van der Waals surface area contributed by atoms with Crippen LogP contribution in [0.3, 0.4) is 0 Å². The molecule has 0 aliphatic carbocycles. The van der Waals surface area contributed by atoms with Crippen LogP contribution in [0.5, 0.6) is 5.75 Å². The highest BCUT2D eigenvalue weighted by molar-refractivity contribution is 7.99. The fourth-order valence-corrected chi connectivity index (χ4v) is 3.25. The number of aliphatic imine (C=N–C) groups is 1. The van der Waals surface area contributed by atoms with Crippen LogP contribution in [0.15, 0.2) is 57.0 Å². The second kappa shape index (κ2) is 10.7. The molecule has 1 aromatic carbocycles. The molecule has 1 unspecified atom stereocenters. The second-order valence-corrected chi connectivity index (χ2v) is 6.78. The monoisotopic (exact) mass is 361 g/mol. The summed E-state index contributed by atoms with van der Waals surface area (Å²) >= 11 is 1.82. The van der Waals surface area contributed by atoms with Gasteiger partial charge in [0.25, 0.3) is 0 Å². The van der Waals surface area contributed by atoms with Crippen LogP contribution in [0.25, 0.3) is 0 Å². The van der Waals surface area contributed by atoms with E-state index in [0.717, 1.165) is 36.3 Å². The highest BCUT2D eigenvalue weighted by atomic mass is 32.2. The van der Waals surface area contributed by atoms with E-state index in [0.29, 0.717) is 12.5 Å². The summed E-state index contributed by atoms with van der Waals surface area (Å²) in [7, 11) is 1.71. The van der Waals surface area contributed by atoms with Crippen molar-refractivity contribution in [3.8, 4) is 5.75 Å². The number of thioether (sulfide) groups is 1. The molecule has 0 saturated carbocycles. The molecule has 6 heteroatoms. The topological polar surface area (TPSA) is 58.8 Å². The molecule has 0 bridgehead atoms. The zero-order chi connectivity index (χ0) is 17.9. The minimum absolute atomic E-state index is 0.488. The summed E-state index contributed by atoms with van der Waals surface area (Å²) in [5, 5.41) is 6.66. The number of nitrogens with zero attached hydrogens (tertiary/aromatic N) is 1. The van der Waals surface area contributed by atoms with E-state index in [1.807, 2.05) is 42.1 Å². The molecule has 2 rings (SSSR count). The zero-order valence-corrected chi connectivity index (χ0v) is 15.9. The molecule has 0 radical (unpaired) electrons. The van der Waals surface area contributed by atoms with E-state index in [9.17, 15) is 0 Å². The average Bonchev–Trinajstić information content (AvgIpc) is 3.16. The van der Waals surface area contributed by atoms with E-state index in [-0.39, 0.29) is 0 Å². The first kappa shape index (κ1) is 19.2. The zero-order valence-electron chi connectivity index (χ0n) is 15.1. The minimum atomic E-state index is 0.488. The van der Waals surface area contributed by atoms with Crippen molar-refractivity contribution in [1.82, 2.24) is 10.6 Å². The molecule has 1 atom stereocenters. The van der Waals surface area contributed by atoms with Crippen molar-refractivity contribution >= 4 is 17.7 Å². The predicted molar refractivity (Wildman–Crippen MR) is 104 cm³/mol. The Labute approximate surface area is 154 Å². The molecule has 25 heavy (non-hydrogen) atoms. The van der Waals surface area contributed by atoms with Crippen LogP contribution < -0.4 is 15.4 Å². The Morgan fingerprint density at radius 1 is 1.24 bits per heavy atom. The van der Waals surface area contributed by atoms with Gasteiger partial charge in [0.15, 0.2) is 5.96 Å². The summed E-state index contributed by atoms with van der Waals surface area (Å²) < 4.78 is 10.7. The van der Waals surface area contributed by atoms with Gasteiger partial charge in [-0.15, -0.1) is 11.8 Å². The van der Waals surface area contributed by atoms with Gasteiger partial charge in [-0.3, -0.25) is 0 Å². The standard InChI is InChI=1S/C19H27N3O2S/c1-4-20-19(22-13-16-8-7-11-24-16)21-12-15(2)14-25-18-10-6-5-9-17(18)23-3/h5-11,15H,4,12-14H2,1-3H3,(H2,20,21,22). The van der Waals surface area contributed by atoms with E-state index in [1.165, 1.54) is 4.90 Å². The fourth-order valence-electron chi connectivity index (χ4n) is 2.20. The van der Waals surface area contributed by atoms with Gasteiger partial charge < -0.3 is 19.8 Å². The van der Waals surface area contributed by atoms with Crippen LogP contribution >= 0.6 is 11.8 Å². The number of rotatable bonds is 9. The summed E-state index contributed by atoms with van der Waals surface area (Å²) in [6.07, 6.45) is 1.67. The van der Waals surface area contributed by atoms with E-state index in [4.69, 9.17) is 9.15 Å². The van der Waals surface area contributed by atoms with Gasteiger partial charge in [0.1, 0.15) is 18.1 Å². The Balaban J connectivity index is 1.79. The smallest absolute Gasteiger partial charge is 0.191 e. The van der Waals surface area contributed by atoms with Crippen molar-refractivity contribution in [2.75, 3.05) is 26.0 Å². The van der Waals surface area contributed by atoms with E-state index in [2.05, 4.69) is 35.5 Å². The van der Waals surface area contributed by atoms with Gasteiger partial charge >= 0.3 is 0 Å². The number of guanidine groups is 1. The maximum atomic E-state index is 5.40. The molecule has 2 N–H and O–H groups in total. The summed E-state index contributed by atoms with van der Waals surface area (Å²) in [5.41, 5.74) is 0. The van der Waals surface area contributed by atoms with Crippen LogP contribution in [0.2, 0.25) is 0 Å². The Bertz CT molecular complexity index is 644. The molecule has 1 heterocycles. The van der Waals surface area contributed by atoms with Gasteiger partial charge in [0, 0.05) is 23.7 Å². The molecule has 0 amide bonds. The molecule has 0 aliphatic rings. The van der Waals surface area contributed by atoms with Crippen LogP contribution in [0.1, 0.15) is 19.6 Å². The maximum absolute atomic E-state index is 5.40. The number of nitrogens with one attached hydrogen (secondary N) is 2. The van der Waals surface area contributed by atoms with Crippen molar-refractivity contribution in [3.05, 3.63) is 48.4 Å². The molecule has 0 saturated heterocycles. The number of benzene rings is 1. The van der Waals surface area contributed by atoms with Crippen LogP contribution in [-0.4, -0.2) is 31.9 Å². The van der Waals surface area contributed by atoms with Crippen molar-refractivity contribution < 1.29 is 9.15 Å². The third-order valence-electron chi connectivity index (χ3n) is 3.53. The molecular weight excluding hydrogens is 334 g/mol. The van der Waals surface area contributed by atoms with Crippen molar-refractivity contribution in [2.24, 2.45) is 10.9 Å². The lowest BCUT2D eigenvalue weighted by molar-refractivity contribution is 0.405. The highest BCUT2D eigenvalue weighted by Gasteiger charge is 2.08. The quantitative estimate of drug-likeness (QED) is 0.404. The van der Waals surface area contributed by atoms with Gasteiger partial charge in [0.2, 0.25) is 0 Å². The normalized spacial score (nSPS) is 12.7. The first-order chi connectivity index (χ1) is 12.2. The Morgan fingerprint density at radius 2 is 2.08 bits per heavy atom. The SMILES string of the molecule is CCNC(=NCc1ccco1)NCC(C)CSc1ccccc1OC. The minimum Gasteiger partial charge on any atom is -0.496 e. The summed E-state index contributed by atoms with van der Waals surface area (Å²) in [5.74, 6) is 4.10. The maximum Gasteiger partial charge on any atom is 0.191 e. The van der Waals surface area contributed by atoms with Gasteiger partial charge in [-0.05, 0) is 37.1 Å². The number of methoxy groups -OCH3 is 1. The Kier molecular flexibility index (Phi) is 8.25. The largest absolute Gasteiger partial charge is 0.496 e. The molecule has 5 nitrogen and oxygen atoms in total. The third kappa shape index (κ3) is 6.74. The summed E-state index contributed by atoms with van der Waals surface area (Å²) in [6, 6.07) is 11.9. The highest BCUT2D eigenvalue weighted by Crippen LogP contribution is 2.29. The lowest BCUT2D eigenvalue weighted by atomic mass is 10.2. The van der Waals surface area contributed by atoms with E-state index >= 15 is 0 Å². The van der Waals surface area contributed by atoms with Gasteiger partial charge in [-0.1, -0.05) is 19.1 Å². The van der Waals surface area contributed by atoms with Gasteiger partial charge in [-0.25, -0.2) is 4.99 Å². The lowest BCUT2D eigenvalue weighted by Gasteiger charge is -2.16. The number of hydrogen-bond donors (Lipinski definition) is 2. The third-order valence-corrected chi connectivity index (χ3v) is 4.91. The lowest BCUT2D eigenvalue weighted by Crippen LogP contribution is -2.39. The summed E-state index contributed by atoms with van der Waals surface area (Å²) in [6.45, 7) is 6.50. The van der Waals surface area contributed by atoms with Crippen LogP contribution in [0, 0.1) is 5.92 Å². The van der Waals surface area contributed by atoms with Crippen LogP contribution in [0.4, 0.5) is 0 Å². The Hall–Kier alpha value is -2.08. The van der Waals surface area contributed by atoms with E-state index in [1.54, 1.807) is 13.4 Å². The summed E-state index contributed by atoms with van der Waals surface area (Å²) in [4.78, 5) is 5.72. The van der Waals surface area contributed by atoms with Crippen molar-refractivity contribution in [2.45, 2.75) is 25.3 Å². The van der Waals surface area contributed by atoms with Crippen molar-refractivity contribution in [1.29, 1.82) is 0 Å². The number of ether oxygens (including phenoxy) is 1. The van der Waals surface area contributed by atoms with Gasteiger partial charge in [-0.2, -0.15) is 0 Å². The first-order valence-corrected chi connectivity index (χ1v) is 9.51. The second-order valence-electron chi connectivity index (χ2n) is 5.72. The molecule has 136 valence electrons. The average molecular weight is 362 g/mol. The van der Waals surface area contributed by atoms with Gasteiger partial charge in [0.05, 0.1) is 13.4 Å². The molecule has 2 aromatic rings. The predicted octanol–water partition coefficient (Wildman–Crippen LogP) is 3.77. The number of hydrogen-bond acceptors (Lipinski definition) is 4.